The van der Waals surface area contributed by atoms with E-state index in [9.17, 15) is 0 Å². The number of fused-ring (bicyclic) bond motifs is 8. The largest absolute Gasteiger partial charge is 0.455 e. The molecule has 0 fully saturated rings. The monoisotopic (exact) mass is 784 g/mol. The molecule has 6 heteroatoms. The Hall–Kier alpha value is -7.80. The SMILES string of the molecule is c1ccc(-c2ccc3c(c2)nc(-c2ccc(-c4nc(-c5ccccc5)nc(-c5cccc(-c6cccc7c6oc6ccccc67)c5)n4)cc2)c2sc4ccccc4c23)cc1. The maximum absolute atomic E-state index is 6.42. The van der Waals surface area contributed by atoms with E-state index in [2.05, 4.69) is 146 Å². The van der Waals surface area contributed by atoms with Gasteiger partial charge in [-0.2, -0.15) is 0 Å². The molecule has 0 saturated carbocycles. The lowest BCUT2D eigenvalue weighted by Gasteiger charge is -2.11. The van der Waals surface area contributed by atoms with Gasteiger partial charge in [0.1, 0.15) is 11.2 Å². The molecule has 8 aromatic carbocycles. The molecule has 5 nitrogen and oxygen atoms in total. The van der Waals surface area contributed by atoms with Crippen molar-refractivity contribution in [2.45, 2.75) is 0 Å². The number of nitrogens with zero attached hydrogens (tertiary/aromatic N) is 4. The van der Waals surface area contributed by atoms with E-state index in [-0.39, 0.29) is 0 Å². The Kier molecular flexibility index (Phi) is 7.96. The van der Waals surface area contributed by atoms with Gasteiger partial charge in [0.05, 0.1) is 15.9 Å². The second-order valence-corrected chi connectivity index (χ2v) is 16.0. The molecule has 0 bridgehead atoms. The Morgan fingerprint density at radius 3 is 1.75 bits per heavy atom. The van der Waals surface area contributed by atoms with Gasteiger partial charge in [-0.25, -0.2) is 19.9 Å². The zero-order valence-corrected chi connectivity index (χ0v) is 32.9. The van der Waals surface area contributed by atoms with Gasteiger partial charge < -0.3 is 4.42 Å². The lowest BCUT2D eigenvalue weighted by molar-refractivity contribution is 0.670. The third-order valence-electron chi connectivity index (χ3n) is 11.3. The van der Waals surface area contributed by atoms with Crippen LogP contribution in [0.2, 0.25) is 0 Å². The normalized spacial score (nSPS) is 11.7. The molecular formula is C54H32N4OS. The van der Waals surface area contributed by atoms with Crippen LogP contribution in [0.1, 0.15) is 0 Å². The van der Waals surface area contributed by atoms with E-state index in [4.69, 9.17) is 24.4 Å². The van der Waals surface area contributed by atoms with E-state index in [1.165, 1.54) is 25.7 Å². The third-order valence-corrected chi connectivity index (χ3v) is 12.5. The van der Waals surface area contributed by atoms with Gasteiger partial charge in [0.25, 0.3) is 0 Å². The molecule has 0 spiro atoms. The molecule has 280 valence electrons. The summed E-state index contributed by atoms with van der Waals surface area (Å²) < 4.78 is 8.84. The molecule has 0 N–H and O–H groups in total. The first-order valence-electron chi connectivity index (χ1n) is 20.0. The first-order chi connectivity index (χ1) is 29.7. The van der Waals surface area contributed by atoms with Crippen LogP contribution in [0.4, 0.5) is 0 Å². The summed E-state index contributed by atoms with van der Waals surface area (Å²) in [5.41, 5.74) is 11.8. The van der Waals surface area contributed by atoms with Crippen molar-refractivity contribution in [2.75, 3.05) is 0 Å². The average Bonchev–Trinajstić information content (AvgIpc) is 3.91. The number of rotatable bonds is 6. The standard InChI is InChI=1S/C54H32N4OS/c1-3-13-33(14-4-1)37-29-30-43-45(32-37)55-49(51-48(43)44-20-8-10-24-47(44)60-51)34-25-27-36(28-26-34)53-56-52(35-15-5-2-6-16-35)57-54(58-53)39-18-11-17-38(31-39)40-21-12-22-42-41-19-7-9-23-46(41)59-50(40)42/h1-32H. The molecule has 12 rings (SSSR count). The molecule has 0 amide bonds. The van der Waals surface area contributed by atoms with Crippen LogP contribution in [-0.4, -0.2) is 19.9 Å². The summed E-state index contributed by atoms with van der Waals surface area (Å²) in [5.74, 6) is 1.81. The van der Waals surface area contributed by atoms with Gasteiger partial charge in [-0.1, -0.05) is 170 Å². The number of thiophene rings is 1. The minimum absolute atomic E-state index is 0.596. The molecule has 0 aliphatic heterocycles. The summed E-state index contributed by atoms with van der Waals surface area (Å²) in [6, 6.07) is 67.3. The summed E-state index contributed by atoms with van der Waals surface area (Å²) in [6.45, 7) is 0. The summed E-state index contributed by atoms with van der Waals surface area (Å²) in [5, 5.41) is 5.85. The Bertz CT molecular complexity index is 3600. The highest BCUT2D eigenvalue weighted by molar-refractivity contribution is 7.26. The second kappa shape index (κ2) is 13.9. The molecule has 4 aromatic heterocycles. The van der Waals surface area contributed by atoms with Crippen molar-refractivity contribution in [3.8, 4) is 67.7 Å². The summed E-state index contributed by atoms with van der Waals surface area (Å²) in [7, 11) is 0. The lowest BCUT2D eigenvalue weighted by Crippen LogP contribution is -2.00. The molecule has 0 saturated heterocycles. The molecule has 0 unspecified atom stereocenters. The van der Waals surface area contributed by atoms with E-state index in [0.29, 0.717) is 17.5 Å². The first-order valence-corrected chi connectivity index (χ1v) is 20.8. The predicted molar refractivity (Wildman–Crippen MR) is 248 cm³/mol. The Balaban J connectivity index is 0.980. The van der Waals surface area contributed by atoms with E-state index in [1.54, 1.807) is 11.3 Å². The molecule has 0 radical (unpaired) electrons. The maximum atomic E-state index is 6.42. The van der Waals surface area contributed by atoms with Crippen LogP contribution in [0.5, 0.6) is 0 Å². The molecule has 0 atom stereocenters. The van der Waals surface area contributed by atoms with E-state index >= 15 is 0 Å². The molecule has 0 aliphatic rings. The van der Waals surface area contributed by atoms with Crippen molar-refractivity contribution in [3.05, 3.63) is 194 Å². The fourth-order valence-electron chi connectivity index (χ4n) is 8.42. The van der Waals surface area contributed by atoms with Crippen LogP contribution in [0.15, 0.2) is 199 Å². The number of benzene rings is 8. The van der Waals surface area contributed by atoms with Gasteiger partial charge in [-0.3, -0.25) is 0 Å². The minimum atomic E-state index is 0.596. The zero-order chi connectivity index (χ0) is 39.6. The van der Waals surface area contributed by atoms with Crippen molar-refractivity contribution in [2.24, 2.45) is 0 Å². The van der Waals surface area contributed by atoms with E-state index < -0.39 is 0 Å². The van der Waals surface area contributed by atoms with Crippen molar-refractivity contribution in [3.63, 3.8) is 0 Å². The maximum Gasteiger partial charge on any atom is 0.164 e. The highest BCUT2D eigenvalue weighted by Crippen LogP contribution is 2.44. The first kappa shape index (κ1) is 34.3. The summed E-state index contributed by atoms with van der Waals surface area (Å²) in [4.78, 5) is 20.6. The summed E-state index contributed by atoms with van der Waals surface area (Å²) in [6.07, 6.45) is 0. The topological polar surface area (TPSA) is 64.7 Å². The van der Waals surface area contributed by atoms with Crippen molar-refractivity contribution in [1.82, 2.24) is 19.9 Å². The number of pyridine rings is 1. The quantitative estimate of drug-likeness (QED) is 0.168. The molecular weight excluding hydrogens is 753 g/mol. The highest BCUT2D eigenvalue weighted by atomic mass is 32.1. The van der Waals surface area contributed by atoms with Crippen LogP contribution in [0, 0.1) is 0 Å². The molecule has 12 aromatic rings. The molecule has 60 heavy (non-hydrogen) atoms. The van der Waals surface area contributed by atoms with Gasteiger partial charge in [0.15, 0.2) is 17.5 Å². The van der Waals surface area contributed by atoms with Crippen molar-refractivity contribution in [1.29, 1.82) is 0 Å². The fraction of sp³-hybridized carbons (Fsp3) is 0. The highest BCUT2D eigenvalue weighted by Gasteiger charge is 2.19. The number of hydrogen-bond donors (Lipinski definition) is 0. The van der Waals surface area contributed by atoms with E-state index in [1.807, 2.05) is 48.5 Å². The Morgan fingerprint density at radius 2 is 0.950 bits per heavy atom. The zero-order valence-electron chi connectivity index (χ0n) is 32.1. The van der Waals surface area contributed by atoms with E-state index in [0.717, 1.165) is 77.5 Å². The number of hydrogen-bond acceptors (Lipinski definition) is 6. The van der Waals surface area contributed by atoms with Gasteiger partial charge in [-0.05, 0) is 41.0 Å². The van der Waals surface area contributed by atoms with Crippen molar-refractivity contribution < 1.29 is 4.42 Å². The van der Waals surface area contributed by atoms with Crippen LogP contribution in [-0.2, 0) is 0 Å². The number of para-hydroxylation sites is 2. The number of furan rings is 1. The average molecular weight is 785 g/mol. The van der Waals surface area contributed by atoms with Crippen LogP contribution in [0.25, 0.3) is 121 Å². The summed E-state index contributed by atoms with van der Waals surface area (Å²) >= 11 is 1.80. The number of aromatic nitrogens is 4. The third kappa shape index (κ3) is 5.76. The van der Waals surface area contributed by atoms with Gasteiger partial charge in [-0.15, -0.1) is 11.3 Å². The minimum Gasteiger partial charge on any atom is -0.455 e. The Labute approximate surface area is 348 Å². The van der Waals surface area contributed by atoms with Crippen LogP contribution in [0.3, 0.4) is 0 Å². The van der Waals surface area contributed by atoms with Crippen LogP contribution < -0.4 is 0 Å². The molecule has 4 heterocycles. The van der Waals surface area contributed by atoms with Crippen molar-refractivity contribution >= 4 is 64.4 Å². The fourth-order valence-corrected chi connectivity index (χ4v) is 9.65. The predicted octanol–water partition coefficient (Wildman–Crippen LogP) is 14.7. The Morgan fingerprint density at radius 1 is 0.367 bits per heavy atom. The van der Waals surface area contributed by atoms with Crippen LogP contribution >= 0.6 is 11.3 Å². The molecule has 0 aliphatic carbocycles. The van der Waals surface area contributed by atoms with Gasteiger partial charge in [0.2, 0.25) is 0 Å². The smallest absolute Gasteiger partial charge is 0.164 e. The second-order valence-electron chi connectivity index (χ2n) is 15.0. The lowest BCUT2D eigenvalue weighted by atomic mass is 9.99. The van der Waals surface area contributed by atoms with Gasteiger partial charge >= 0.3 is 0 Å². The van der Waals surface area contributed by atoms with Gasteiger partial charge in [0, 0.05) is 59.4 Å².